The van der Waals surface area contributed by atoms with Crippen molar-refractivity contribution >= 4 is 10.8 Å². The van der Waals surface area contributed by atoms with Crippen LogP contribution in [0.4, 0.5) is 22.0 Å². The second kappa shape index (κ2) is 10.8. The summed E-state index contributed by atoms with van der Waals surface area (Å²) in [7, 11) is 0. The lowest BCUT2D eigenvalue weighted by molar-refractivity contribution is -0.140. The highest BCUT2D eigenvalue weighted by Crippen LogP contribution is 2.33. The molecule has 0 fully saturated rings. The van der Waals surface area contributed by atoms with Gasteiger partial charge in [-0.25, -0.2) is 23.8 Å². The molecule has 0 unspecified atom stereocenters. The molecule has 0 amide bonds. The monoisotopic (exact) mass is 565 g/mol. The van der Waals surface area contributed by atoms with E-state index in [1.54, 1.807) is 18.9 Å². The quantitative estimate of drug-likeness (QED) is 0.308. The molecule has 0 aliphatic rings. The molecule has 0 spiro atoms. The van der Waals surface area contributed by atoms with Crippen LogP contribution >= 0.6 is 0 Å². The molecular weight excluding hydrogens is 541 g/mol. The standard InChI is InChI=1S/C26H24F5N5O4/c1-13(40-20-11-34-35-23(37)21(20)26(29,30)31)6-16(27)12-36-5-4-14-7-18(19(28)8-17(14)24(36)38)22-32-9-15(10-33-22)25(2,3)39/h4-5,7-11,13,16,39H,6,12H2,1-3H3,(H,35,37)/t13-,16-/m0/s1. The maximum absolute atomic E-state index is 15.0. The predicted molar refractivity (Wildman–Crippen MR) is 134 cm³/mol. The number of aliphatic hydroxyl groups is 1. The fourth-order valence-corrected chi connectivity index (χ4v) is 4.06. The molecule has 0 aliphatic carbocycles. The Morgan fingerprint density at radius 2 is 1.80 bits per heavy atom. The molecule has 9 nitrogen and oxygen atoms in total. The Hall–Kier alpha value is -4.20. The van der Waals surface area contributed by atoms with Crippen LogP contribution in [-0.4, -0.2) is 42.1 Å². The van der Waals surface area contributed by atoms with E-state index >= 15 is 0 Å². The second-order valence-electron chi connectivity index (χ2n) is 9.74. The molecule has 3 heterocycles. The highest BCUT2D eigenvalue weighted by Gasteiger charge is 2.38. The molecule has 0 bridgehead atoms. The Balaban J connectivity index is 1.51. The molecule has 2 N–H and O–H groups in total. The van der Waals surface area contributed by atoms with Crippen molar-refractivity contribution in [3.63, 3.8) is 0 Å². The van der Waals surface area contributed by atoms with Crippen LogP contribution in [-0.2, 0) is 18.3 Å². The Morgan fingerprint density at radius 1 is 1.12 bits per heavy atom. The molecule has 0 saturated carbocycles. The van der Waals surface area contributed by atoms with Crippen LogP contribution in [0.15, 0.2) is 52.6 Å². The van der Waals surface area contributed by atoms with Gasteiger partial charge in [0.05, 0.1) is 35.4 Å². The van der Waals surface area contributed by atoms with Gasteiger partial charge in [-0.1, -0.05) is 0 Å². The molecule has 0 radical (unpaired) electrons. The van der Waals surface area contributed by atoms with Crippen molar-refractivity contribution in [2.75, 3.05) is 0 Å². The van der Waals surface area contributed by atoms with Crippen LogP contribution in [0.25, 0.3) is 22.2 Å². The molecule has 0 saturated heterocycles. The minimum Gasteiger partial charge on any atom is -0.488 e. The Kier molecular flexibility index (Phi) is 7.74. The van der Waals surface area contributed by atoms with Crippen molar-refractivity contribution in [1.82, 2.24) is 24.7 Å². The van der Waals surface area contributed by atoms with Crippen LogP contribution < -0.4 is 15.9 Å². The van der Waals surface area contributed by atoms with Gasteiger partial charge in [-0.05, 0) is 44.4 Å². The van der Waals surface area contributed by atoms with E-state index in [1.165, 1.54) is 37.6 Å². The maximum atomic E-state index is 15.0. The van der Waals surface area contributed by atoms with E-state index in [-0.39, 0.29) is 16.8 Å². The van der Waals surface area contributed by atoms with E-state index < -0.39 is 65.3 Å². The third kappa shape index (κ3) is 6.17. The summed E-state index contributed by atoms with van der Waals surface area (Å²) in [5, 5.41) is 15.3. The SMILES string of the molecule is C[C@@H](C[C@H](F)Cn1ccc2cc(-c3ncc(C(C)(C)O)cn3)c(F)cc2c1=O)Oc1cn[nH]c(=O)c1C(F)(F)F. The summed E-state index contributed by atoms with van der Waals surface area (Å²) in [6, 6.07) is 3.86. The smallest absolute Gasteiger partial charge is 0.425 e. The van der Waals surface area contributed by atoms with E-state index in [1.807, 2.05) is 0 Å². The third-order valence-electron chi connectivity index (χ3n) is 6.08. The van der Waals surface area contributed by atoms with Crippen molar-refractivity contribution in [3.05, 3.63) is 80.6 Å². The van der Waals surface area contributed by atoms with E-state index in [0.29, 0.717) is 17.1 Å². The lowest BCUT2D eigenvalue weighted by atomic mass is 10.0. The molecule has 212 valence electrons. The van der Waals surface area contributed by atoms with Gasteiger partial charge in [-0.3, -0.25) is 9.59 Å². The Bertz CT molecular complexity index is 1650. The van der Waals surface area contributed by atoms with Crippen molar-refractivity contribution in [2.24, 2.45) is 0 Å². The summed E-state index contributed by atoms with van der Waals surface area (Å²) >= 11 is 0. The molecule has 3 aromatic heterocycles. The summed E-state index contributed by atoms with van der Waals surface area (Å²) < 4.78 is 75.6. The summed E-state index contributed by atoms with van der Waals surface area (Å²) in [6.07, 6.45) is -3.55. The Labute approximate surface area is 223 Å². The van der Waals surface area contributed by atoms with Gasteiger partial charge in [0.1, 0.15) is 12.0 Å². The summed E-state index contributed by atoms with van der Waals surface area (Å²) in [4.78, 5) is 32.7. The van der Waals surface area contributed by atoms with Crippen molar-refractivity contribution in [3.8, 4) is 17.1 Å². The van der Waals surface area contributed by atoms with Gasteiger partial charge >= 0.3 is 6.18 Å². The summed E-state index contributed by atoms with van der Waals surface area (Å²) in [5.74, 6) is -1.59. The zero-order valence-electron chi connectivity index (χ0n) is 21.5. The molecule has 4 aromatic rings. The van der Waals surface area contributed by atoms with Gasteiger partial charge in [0.15, 0.2) is 17.1 Å². The average Bonchev–Trinajstić information content (AvgIpc) is 2.84. The van der Waals surface area contributed by atoms with Gasteiger partial charge in [0.25, 0.3) is 11.1 Å². The lowest BCUT2D eigenvalue weighted by Crippen LogP contribution is -2.29. The number of ether oxygens (including phenoxy) is 1. The first-order valence-electron chi connectivity index (χ1n) is 12.0. The van der Waals surface area contributed by atoms with Gasteiger partial charge in [0, 0.05) is 30.6 Å². The number of hydrogen-bond acceptors (Lipinski definition) is 7. The number of halogens is 5. The number of benzene rings is 1. The first-order chi connectivity index (χ1) is 18.6. The normalized spacial score (nSPS) is 13.8. The van der Waals surface area contributed by atoms with Gasteiger partial charge in [-0.15, -0.1) is 0 Å². The van der Waals surface area contributed by atoms with E-state index in [4.69, 9.17) is 4.74 Å². The number of aromatic nitrogens is 5. The number of fused-ring (bicyclic) bond motifs is 1. The fraction of sp³-hybridized carbons (Fsp3) is 0.346. The zero-order chi connectivity index (χ0) is 29.4. The van der Waals surface area contributed by atoms with Crippen LogP contribution in [0.5, 0.6) is 5.75 Å². The van der Waals surface area contributed by atoms with Crippen LogP contribution in [0, 0.1) is 5.82 Å². The number of H-pyrrole nitrogens is 1. The Morgan fingerprint density at radius 3 is 2.42 bits per heavy atom. The highest BCUT2D eigenvalue weighted by molar-refractivity contribution is 5.86. The third-order valence-corrected chi connectivity index (χ3v) is 6.08. The van der Waals surface area contributed by atoms with Gasteiger partial charge in [-0.2, -0.15) is 18.3 Å². The van der Waals surface area contributed by atoms with E-state index in [9.17, 15) is 36.6 Å². The number of alkyl halides is 4. The van der Waals surface area contributed by atoms with Crippen LogP contribution in [0.1, 0.15) is 38.3 Å². The van der Waals surface area contributed by atoms with Crippen LogP contribution in [0.3, 0.4) is 0 Å². The number of hydrogen-bond donors (Lipinski definition) is 2. The number of nitrogens with one attached hydrogen (secondary N) is 1. The molecule has 14 heteroatoms. The predicted octanol–water partition coefficient (Wildman–Crippen LogP) is 4.12. The first-order valence-corrected chi connectivity index (χ1v) is 12.0. The fourth-order valence-electron chi connectivity index (χ4n) is 4.06. The molecule has 40 heavy (non-hydrogen) atoms. The van der Waals surface area contributed by atoms with Crippen molar-refractivity contribution < 1.29 is 31.8 Å². The lowest BCUT2D eigenvalue weighted by Gasteiger charge is -2.19. The first kappa shape index (κ1) is 28.8. The van der Waals surface area contributed by atoms with Gasteiger partial charge in [0.2, 0.25) is 0 Å². The minimum atomic E-state index is -5.01. The second-order valence-corrected chi connectivity index (χ2v) is 9.74. The van der Waals surface area contributed by atoms with Crippen LogP contribution in [0.2, 0.25) is 0 Å². The average molecular weight is 565 g/mol. The topological polar surface area (TPSA) is 123 Å². The van der Waals surface area contributed by atoms with E-state index in [0.717, 1.165) is 10.6 Å². The van der Waals surface area contributed by atoms with E-state index in [2.05, 4.69) is 15.1 Å². The summed E-state index contributed by atoms with van der Waals surface area (Å²) in [5.41, 5.74) is -4.51. The zero-order valence-corrected chi connectivity index (χ0v) is 21.5. The summed E-state index contributed by atoms with van der Waals surface area (Å²) in [6.45, 7) is 3.93. The molecule has 4 rings (SSSR count). The highest BCUT2D eigenvalue weighted by atomic mass is 19.4. The molecule has 0 aliphatic heterocycles. The number of rotatable bonds is 8. The number of aromatic amines is 1. The van der Waals surface area contributed by atoms with Gasteiger partial charge < -0.3 is 14.4 Å². The van der Waals surface area contributed by atoms with Crippen molar-refractivity contribution in [2.45, 2.75) is 57.8 Å². The maximum Gasteiger partial charge on any atom is 0.425 e. The number of pyridine rings is 1. The molecular formula is C26H24F5N5O4. The largest absolute Gasteiger partial charge is 0.488 e. The molecule has 2 atom stereocenters. The minimum absolute atomic E-state index is 0.0220. The molecule has 1 aromatic carbocycles. The van der Waals surface area contributed by atoms with Crippen molar-refractivity contribution in [1.29, 1.82) is 0 Å². The number of nitrogens with zero attached hydrogens (tertiary/aromatic N) is 4.